The molecule has 0 aliphatic rings. The average Bonchev–Trinajstić information content (AvgIpc) is 2.73. The number of rotatable bonds is 4. The van der Waals surface area contributed by atoms with Crippen LogP contribution in [0.25, 0.3) is 0 Å². The molecule has 2 aromatic rings. The Hall–Kier alpha value is -1.55. The number of ether oxygens (including phenoxy) is 1. The van der Waals surface area contributed by atoms with Gasteiger partial charge in [-0.25, -0.2) is 4.98 Å². The number of nitrogen functional groups attached to an aromatic ring is 1. The summed E-state index contributed by atoms with van der Waals surface area (Å²) in [5, 5.41) is 2.50. The van der Waals surface area contributed by atoms with Gasteiger partial charge in [0, 0.05) is 5.38 Å². The summed E-state index contributed by atoms with van der Waals surface area (Å²) >= 11 is 1.43. The molecule has 0 amide bonds. The van der Waals surface area contributed by atoms with Crippen molar-refractivity contribution in [3.63, 3.8) is 0 Å². The zero-order chi connectivity index (χ0) is 12.3. The highest BCUT2D eigenvalue weighted by molar-refractivity contribution is 7.13. The van der Waals surface area contributed by atoms with E-state index in [1.165, 1.54) is 16.9 Å². The van der Waals surface area contributed by atoms with Crippen LogP contribution in [0.15, 0.2) is 29.6 Å². The Morgan fingerprint density at radius 1 is 1.41 bits per heavy atom. The molecule has 1 heterocycles. The second kappa shape index (κ2) is 5.19. The monoisotopic (exact) mass is 248 g/mol. The molecule has 0 radical (unpaired) electrons. The van der Waals surface area contributed by atoms with Crippen molar-refractivity contribution < 1.29 is 4.74 Å². The van der Waals surface area contributed by atoms with E-state index in [2.05, 4.69) is 31.0 Å². The Morgan fingerprint density at radius 2 is 2.24 bits per heavy atom. The summed E-state index contributed by atoms with van der Waals surface area (Å²) in [5.74, 6) is 1.39. The Morgan fingerprint density at radius 3 is 2.88 bits per heavy atom. The maximum absolute atomic E-state index is 5.68. The summed E-state index contributed by atoms with van der Waals surface area (Å²) in [4.78, 5) is 4.15. The van der Waals surface area contributed by atoms with Gasteiger partial charge >= 0.3 is 0 Å². The molecular formula is C13H16N2OS. The highest BCUT2D eigenvalue weighted by Crippen LogP contribution is 2.21. The van der Waals surface area contributed by atoms with Crippen LogP contribution in [0.4, 0.5) is 5.13 Å². The van der Waals surface area contributed by atoms with Crippen LogP contribution in [0.2, 0.25) is 0 Å². The van der Waals surface area contributed by atoms with Gasteiger partial charge in [0.2, 0.25) is 0 Å². The Bertz CT molecular complexity index is 494. The quantitative estimate of drug-likeness (QED) is 0.901. The van der Waals surface area contributed by atoms with E-state index in [-0.39, 0.29) is 0 Å². The number of aromatic nitrogens is 1. The first-order valence-electron chi connectivity index (χ1n) is 5.58. The van der Waals surface area contributed by atoms with Crippen LogP contribution >= 0.6 is 11.3 Å². The van der Waals surface area contributed by atoms with Crippen LogP contribution < -0.4 is 10.5 Å². The van der Waals surface area contributed by atoms with E-state index in [9.17, 15) is 0 Å². The first kappa shape index (κ1) is 11.9. The number of anilines is 1. The van der Waals surface area contributed by atoms with Gasteiger partial charge in [0.25, 0.3) is 0 Å². The Labute approximate surface area is 105 Å². The van der Waals surface area contributed by atoms with Gasteiger partial charge in [-0.05, 0) is 23.6 Å². The molecule has 0 fully saturated rings. The maximum Gasteiger partial charge on any atom is 0.180 e. The van der Waals surface area contributed by atoms with Crippen LogP contribution in [0.3, 0.4) is 0 Å². The lowest BCUT2D eigenvalue weighted by Crippen LogP contribution is -1.97. The molecule has 0 saturated carbocycles. The van der Waals surface area contributed by atoms with Crippen molar-refractivity contribution in [1.29, 1.82) is 0 Å². The average molecular weight is 248 g/mol. The molecule has 1 aromatic heterocycles. The molecule has 3 nitrogen and oxygen atoms in total. The summed E-state index contributed by atoms with van der Waals surface area (Å²) in [7, 11) is 0. The van der Waals surface area contributed by atoms with E-state index in [0.29, 0.717) is 17.7 Å². The second-order valence-electron chi connectivity index (χ2n) is 4.19. The molecule has 0 saturated heterocycles. The molecule has 4 heteroatoms. The van der Waals surface area contributed by atoms with Crippen LogP contribution in [-0.4, -0.2) is 4.98 Å². The van der Waals surface area contributed by atoms with Gasteiger partial charge in [-0.3, -0.25) is 0 Å². The SMILES string of the molecule is CC(C)c1cccc(OCc2csc(N)n2)c1. The number of hydrogen-bond acceptors (Lipinski definition) is 4. The molecule has 0 aliphatic heterocycles. The molecular weight excluding hydrogens is 232 g/mol. The summed E-state index contributed by atoms with van der Waals surface area (Å²) in [6, 6.07) is 8.15. The number of nitrogens with two attached hydrogens (primary N) is 1. The molecule has 2 rings (SSSR count). The van der Waals surface area contributed by atoms with Crippen LogP contribution in [0, 0.1) is 0 Å². The second-order valence-corrected chi connectivity index (χ2v) is 5.08. The third kappa shape index (κ3) is 3.20. The van der Waals surface area contributed by atoms with Gasteiger partial charge in [0.1, 0.15) is 12.4 Å². The predicted molar refractivity (Wildman–Crippen MR) is 71.4 cm³/mol. The highest BCUT2D eigenvalue weighted by atomic mass is 32.1. The van der Waals surface area contributed by atoms with Gasteiger partial charge in [0.05, 0.1) is 5.69 Å². The smallest absolute Gasteiger partial charge is 0.180 e. The van der Waals surface area contributed by atoms with Crippen LogP contribution in [0.1, 0.15) is 31.0 Å². The lowest BCUT2D eigenvalue weighted by molar-refractivity contribution is 0.302. The first-order chi connectivity index (χ1) is 8.15. The number of hydrogen-bond donors (Lipinski definition) is 1. The lowest BCUT2D eigenvalue weighted by Gasteiger charge is -2.08. The molecule has 1 aromatic carbocycles. The Kier molecular flexibility index (Phi) is 3.64. The standard InChI is InChI=1S/C13H16N2OS/c1-9(2)10-4-3-5-12(6-10)16-7-11-8-17-13(14)15-11/h3-6,8-9H,7H2,1-2H3,(H2,14,15). The topological polar surface area (TPSA) is 48.1 Å². The van der Waals surface area contributed by atoms with E-state index >= 15 is 0 Å². The molecule has 0 aliphatic carbocycles. The van der Waals surface area contributed by atoms with Crippen molar-refractivity contribution in [1.82, 2.24) is 4.98 Å². The minimum absolute atomic E-state index is 0.468. The zero-order valence-electron chi connectivity index (χ0n) is 10.0. The number of benzene rings is 1. The minimum atomic E-state index is 0.468. The maximum atomic E-state index is 5.68. The van der Waals surface area contributed by atoms with Gasteiger partial charge < -0.3 is 10.5 Å². The summed E-state index contributed by atoms with van der Waals surface area (Å²) in [6.45, 7) is 4.80. The third-order valence-electron chi connectivity index (χ3n) is 2.48. The summed E-state index contributed by atoms with van der Waals surface area (Å²) in [6.07, 6.45) is 0. The van der Waals surface area contributed by atoms with Gasteiger partial charge in [0.15, 0.2) is 5.13 Å². The lowest BCUT2D eigenvalue weighted by atomic mass is 10.0. The van der Waals surface area contributed by atoms with E-state index in [1.807, 2.05) is 17.5 Å². The largest absolute Gasteiger partial charge is 0.487 e. The van der Waals surface area contributed by atoms with E-state index in [1.54, 1.807) is 0 Å². The number of thiazole rings is 1. The van der Waals surface area contributed by atoms with Crippen molar-refractivity contribution >= 4 is 16.5 Å². The van der Waals surface area contributed by atoms with E-state index in [4.69, 9.17) is 10.5 Å². The fourth-order valence-electron chi connectivity index (χ4n) is 1.51. The van der Waals surface area contributed by atoms with Crippen LogP contribution in [-0.2, 0) is 6.61 Å². The van der Waals surface area contributed by atoms with Crippen molar-refractivity contribution in [2.45, 2.75) is 26.4 Å². The fourth-order valence-corrected chi connectivity index (χ4v) is 2.06. The first-order valence-corrected chi connectivity index (χ1v) is 6.46. The minimum Gasteiger partial charge on any atom is -0.487 e. The Balaban J connectivity index is 2.01. The summed E-state index contributed by atoms with van der Waals surface area (Å²) in [5.41, 5.74) is 7.72. The number of nitrogens with zero attached hydrogens (tertiary/aromatic N) is 1. The molecule has 90 valence electrons. The molecule has 0 unspecified atom stereocenters. The molecule has 2 N–H and O–H groups in total. The molecule has 0 bridgehead atoms. The van der Waals surface area contributed by atoms with Gasteiger partial charge in [-0.1, -0.05) is 26.0 Å². The van der Waals surface area contributed by atoms with Crippen molar-refractivity contribution in [3.8, 4) is 5.75 Å². The molecule has 0 atom stereocenters. The zero-order valence-corrected chi connectivity index (χ0v) is 10.8. The van der Waals surface area contributed by atoms with E-state index in [0.717, 1.165) is 11.4 Å². The predicted octanol–water partition coefficient (Wildman–Crippen LogP) is 3.43. The third-order valence-corrected chi connectivity index (χ3v) is 3.20. The van der Waals surface area contributed by atoms with Gasteiger partial charge in [-0.2, -0.15) is 0 Å². The molecule has 0 spiro atoms. The van der Waals surface area contributed by atoms with Crippen molar-refractivity contribution in [3.05, 3.63) is 40.9 Å². The fraction of sp³-hybridized carbons (Fsp3) is 0.308. The van der Waals surface area contributed by atoms with E-state index < -0.39 is 0 Å². The summed E-state index contributed by atoms with van der Waals surface area (Å²) < 4.78 is 5.68. The van der Waals surface area contributed by atoms with Crippen molar-refractivity contribution in [2.24, 2.45) is 0 Å². The highest BCUT2D eigenvalue weighted by Gasteiger charge is 2.03. The van der Waals surface area contributed by atoms with Crippen LogP contribution in [0.5, 0.6) is 5.75 Å². The van der Waals surface area contributed by atoms with Gasteiger partial charge in [-0.15, -0.1) is 11.3 Å². The molecule has 17 heavy (non-hydrogen) atoms. The normalized spacial score (nSPS) is 10.8. The van der Waals surface area contributed by atoms with Crippen molar-refractivity contribution in [2.75, 3.05) is 5.73 Å².